The first-order chi connectivity index (χ1) is 7.65. The Morgan fingerprint density at radius 2 is 1.69 bits per heavy atom. The number of pyridine rings is 1. The molecule has 0 aliphatic rings. The summed E-state index contributed by atoms with van der Waals surface area (Å²) in [4.78, 5) is 4.25. The zero-order valence-electron chi connectivity index (χ0n) is 8.05. The fourth-order valence-corrected chi connectivity index (χ4v) is 2.56. The van der Waals surface area contributed by atoms with Gasteiger partial charge in [0.15, 0.2) is 0 Å². The molecule has 1 aromatic heterocycles. The van der Waals surface area contributed by atoms with E-state index in [4.69, 9.17) is 0 Å². The molecule has 0 saturated heterocycles. The largest absolute Gasteiger partial charge is 0.339 e. The average Bonchev–Trinajstić information content (AvgIpc) is 2.25. The van der Waals surface area contributed by atoms with Gasteiger partial charge in [0, 0.05) is 19.6 Å². The molecule has 1 N–H and O–H groups in total. The van der Waals surface area contributed by atoms with E-state index in [2.05, 4.69) is 58.1 Å². The summed E-state index contributed by atoms with van der Waals surface area (Å²) in [5.74, 6) is 0.811. The Morgan fingerprint density at radius 3 is 2.31 bits per heavy atom. The quantitative estimate of drug-likeness (QED) is 0.749. The van der Waals surface area contributed by atoms with Gasteiger partial charge >= 0.3 is 0 Å². The van der Waals surface area contributed by atoms with Crippen molar-refractivity contribution in [3.63, 3.8) is 0 Å². The molecule has 0 saturated carbocycles. The van der Waals surface area contributed by atoms with Gasteiger partial charge in [-0.05, 0) is 62.2 Å². The van der Waals surface area contributed by atoms with Crippen molar-refractivity contribution in [3.05, 3.63) is 49.9 Å². The van der Waals surface area contributed by atoms with E-state index in [-0.39, 0.29) is 0 Å². The van der Waals surface area contributed by atoms with Crippen LogP contribution < -0.4 is 5.32 Å². The van der Waals surface area contributed by atoms with Crippen molar-refractivity contribution >= 4 is 59.3 Å². The maximum atomic E-state index is 4.25. The molecule has 0 atom stereocenters. The van der Waals surface area contributed by atoms with Crippen LogP contribution in [0.1, 0.15) is 0 Å². The lowest BCUT2D eigenvalue weighted by Crippen LogP contribution is -1.93. The topological polar surface area (TPSA) is 24.9 Å². The number of hydrogen-bond acceptors (Lipinski definition) is 2. The highest BCUT2D eigenvalue weighted by molar-refractivity contribution is 9.11. The van der Waals surface area contributed by atoms with Crippen LogP contribution in [0, 0.1) is 0 Å². The van der Waals surface area contributed by atoms with E-state index in [1.165, 1.54) is 0 Å². The third-order valence-electron chi connectivity index (χ3n) is 1.92. The molecular formula is C11H7Br3N2. The summed E-state index contributed by atoms with van der Waals surface area (Å²) in [5, 5.41) is 3.23. The molecule has 16 heavy (non-hydrogen) atoms. The molecule has 0 radical (unpaired) electrons. The Morgan fingerprint density at radius 1 is 0.938 bits per heavy atom. The van der Waals surface area contributed by atoms with E-state index >= 15 is 0 Å². The molecule has 2 rings (SSSR count). The summed E-state index contributed by atoms with van der Waals surface area (Å²) in [6, 6.07) is 9.81. The van der Waals surface area contributed by atoms with Crippen LogP contribution >= 0.6 is 47.8 Å². The number of nitrogens with one attached hydrogen (secondary N) is 1. The Balaban J connectivity index is 2.23. The molecule has 0 bridgehead atoms. The minimum absolute atomic E-state index is 0.811. The summed E-state index contributed by atoms with van der Waals surface area (Å²) in [7, 11) is 0. The van der Waals surface area contributed by atoms with Gasteiger partial charge < -0.3 is 5.32 Å². The van der Waals surface area contributed by atoms with Crippen LogP contribution in [0.5, 0.6) is 0 Å². The van der Waals surface area contributed by atoms with Crippen LogP contribution in [0.4, 0.5) is 11.5 Å². The van der Waals surface area contributed by atoms with Crippen LogP contribution in [0.3, 0.4) is 0 Å². The third kappa shape index (κ3) is 3.06. The van der Waals surface area contributed by atoms with Gasteiger partial charge in [-0.2, -0.15) is 0 Å². The molecule has 0 aliphatic heterocycles. The van der Waals surface area contributed by atoms with Crippen molar-refractivity contribution in [2.45, 2.75) is 0 Å². The Labute approximate surface area is 119 Å². The smallest absolute Gasteiger partial charge is 0.130 e. The molecule has 0 unspecified atom stereocenters. The minimum Gasteiger partial charge on any atom is -0.339 e. The summed E-state index contributed by atoms with van der Waals surface area (Å²) < 4.78 is 2.99. The number of halogens is 3. The van der Waals surface area contributed by atoms with Gasteiger partial charge in [-0.3, -0.25) is 0 Å². The van der Waals surface area contributed by atoms with E-state index in [0.717, 1.165) is 24.9 Å². The molecule has 1 heterocycles. The number of benzene rings is 1. The molecule has 2 aromatic rings. The summed E-state index contributed by atoms with van der Waals surface area (Å²) >= 11 is 10.3. The number of hydrogen-bond donors (Lipinski definition) is 1. The SMILES string of the molecule is Brc1ccc(Nc2ccc(Br)cc2Br)nc1. The monoisotopic (exact) mass is 404 g/mol. The van der Waals surface area contributed by atoms with Crippen molar-refractivity contribution in [2.24, 2.45) is 0 Å². The summed E-state index contributed by atoms with van der Waals surface area (Å²) in [6.07, 6.45) is 1.76. The molecule has 82 valence electrons. The van der Waals surface area contributed by atoms with E-state index in [9.17, 15) is 0 Å². The van der Waals surface area contributed by atoms with Crippen LogP contribution in [0.2, 0.25) is 0 Å². The second-order valence-electron chi connectivity index (χ2n) is 3.11. The highest BCUT2D eigenvalue weighted by Crippen LogP contribution is 2.28. The van der Waals surface area contributed by atoms with Gasteiger partial charge in [0.2, 0.25) is 0 Å². The molecule has 5 heteroatoms. The lowest BCUT2D eigenvalue weighted by atomic mass is 10.3. The first-order valence-corrected chi connectivity index (χ1v) is 6.87. The average molecular weight is 407 g/mol. The molecular weight excluding hydrogens is 400 g/mol. The predicted octanol–water partition coefficient (Wildman–Crippen LogP) is 5.11. The predicted molar refractivity (Wildman–Crippen MR) is 77.1 cm³/mol. The van der Waals surface area contributed by atoms with Crippen molar-refractivity contribution < 1.29 is 0 Å². The van der Waals surface area contributed by atoms with Gasteiger partial charge in [0.1, 0.15) is 5.82 Å². The molecule has 2 nitrogen and oxygen atoms in total. The van der Waals surface area contributed by atoms with Crippen molar-refractivity contribution in [2.75, 3.05) is 5.32 Å². The van der Waals surface area contributed by atoms with Gasteiger partial charge in [-0.25, -0.2) is 4.98 Å². The normalized spacial score (nSPS) is 10.2. The van der Waals surface area contributed by atoms with E-state index in [1.807, 2.05) is 30.3 Å². The molecule has 0 amide bonds. The Kier molecular flexibility index (Phi) is 4.00. The van der Waals surface area contributed by atoms with Crippen LogP contribution in [-0.4, -0.2) is 4.98 Å². The number of rotatable bonds is 2. The second-order valence-corrected chi connectivity index (χ2v) is 5.80. The Bertz CT molecular complexity index is 497. The van der Waals surface area contributed by atoms with Crippen molar-refractivity contribution in [1.82, 2.24) is 4.98 Å². The number of nitrogens with zero attached hydrogens (tertiary/aromatic N) is 1. The zero-order chi connectivity index (χ0) is 11.5. The zero-order valence-corrected chi connectivity index (χ0v) is 12.8. The van der Waals surface area contributed by atoms with Crippen LogP contribution in [-0.2, 0) is 0 Å². The highest BCUT2D eigenvalue weighted by Gasteiger charge is 2.01. The van der Waals surface area contributed by atoms with E-state index < -0.39 is 0 Å². The summed E-state index contributed by atoms with van der Waals surface area (Å²) in [5.41, 5.74) is 0.984. The number of aromatic nitrogens is 1. The van der Waals surface area contributed by atoms with Crippen LogP contribution in [0.25, 0.3) is 0 Å². The van der Waals surface area contributed by atoms with Gasteiger partial charge in [-0.1, -0.05) is 15.9 Å². The molecule has 0 aliphatic carbocycles. The van der Waals surface area contributed by atoms with Gasteiger partial charge in [0.05, 0.1) is 5.69 Å². The lowest BCUT2D eigenvalue weighted by Gasteiger charge is -2.07. The van der Waals surface area contributed by atoms with Gasteiger partial charge in [0.25, 0.3) is 0 Å². The van der Waals surface area contributed by atoms with E-state index in [1.54, 1.807) is 6.20 Å². The maximum Gasteiger partial charge on any atom is 0.130 e. The first kappa shape index (κ1) is 12.1. The highest BCUT2D eigenvalue weighted by atomic mass is 79.9. The number of anilines is 2. The fourth-order valence-electron chi connectivity index (χ4n) is 1.18. The molecule has 0 spiro atoms. The van der Waals surface area contributed by atoms with Crippen molar-refractivity contribution in [1.29, 1.82) is 0 Å². The lowest BCUT2D eigenvalue weighted by molar-refractivity contribution is 1.29. The van der Waals surface area contributed by atoms with Gasteiger partial charge in [-0.15, -0.1) is 0 Å². The molecule has 0 fully saturated rings. The standard InChI is InChI=1S/C11H7Br3N2/c12-7-1-3-10(9(14)5-7)16-11-4-2-8(13)6-15-11/h1-6H,(H,15,16). The maximum absolute atomic E-state index is 4.25. The first-order valence-electron chi connectivity index (χ1n) is 4.49. The minimum atomic E-state index is 0.811. The Hall–Kier alpha value is -0.390. The van der Waals surface area contributed by atoms with Crippen molar-refractivity contribution in [3.8, 4) is 0 Å². The third-order valence-corrected chi connectivity index (χ3v) is 3.54. The molecule has 1 aromatic carbocycles. The second kappa shape index (κ2) is 5.29. The van der Waals surface area contributed by atoms with Crippen LogP contribution in [0.15, 0.2) is 49.9 Å². The fraction of sp³-hybridized carbons (Fsp3) is 0. The van der Waals surface area contributed by atoms with E-state index in [0.29, 0.717) is 0 Å². The summed E-state index contributed by atoms with van der Waals surface area (Å²) in [6.45, 7) is 0.